The molecule has 1 aliphatic carbocycles. The number of fused-ring (bicyclic) bond motifs is 1. The Morgan fingerprint density at radius 3 is 2.88 bits per heavy atom. The molecule has 0 spiro atoms. The summed E-state index contributed by atoms with van der Waals surface area (Å²) in [6.07, 6.45) is 3.88. The van der Waals surface area contributed by atoms with Crippen LogP contribution in [0.1, 0.15) is 43.7 Å². The number of aliphatic hydroxyl groups excluding tert-OH is 1. The fraction of sp³-hybridized carbons (Fsp3) is 0.625. The van der Waals surface area contributed by atoms with Crippen molar-refractivity contribution in [2.75, 3.05) is 6.54 Å². The van der Waals surface area contributed by atoms with Crippen molar-refractivity contribution in [2.45, 2.75) is 57.0 Å². The molecule has 1 saturated carbocycles. The van der Waals surface area contributed by atoms with Crippen LogP contribution in [-0.4, -0.2) is 43.9 Å². The van der Waals surface area contributed by atoms with Crippen LogP contribution in [0, 0.1) is 5.92 Å². The molecule has 1 N–H and O–H groups in total. The zero-order valence-electron chi connectivity index (χ0n) is 14.2. The number of aryl methyl sites for hydroxylation is 1. The van der Waals surface area contributed by atoms with E-state index >= 15 is 0 Å². The van der Waals surface area contributed by atoms with Gasteiger partial charge in [-0.2, -0.15) is 14.5 Å². The summed E-state index contributed by atoms with van der Waals surface area (Å²) < 4.78 is 30.8. The van der Waals surface area contributed by atoms with E-state index in [0.717, 1.165) is 25.0 Å². The summed E-state index contributed by atoms with van der Waals surface area (Å²) in [7, 11) is -3.60. The lowest BCUT2D eigenvalue weighted by atomic mass is 10.1. The Morgan fingerprint density at radius 2 is 2.16 bits per heavy atom. The van der Waals surface area contributed by atoms with Gasteiger partial charge in [0.1, 0.15) is 6.10 Å². The highest BCUT2D eigenvalue weighted by atomic mass is 32.2. The highest BCUT2D eigenvalue weighted by Crippen LogP contribution is 2.40. The van der Waals surface area contributed by atoms with Gasteiger partial charge in [-0.15, -0.1) is 0 Å². The quantitative estimate of drug-likeness (QED) is 0.828. The number of sulfonamides is 1. The third-order valence-corrected chi connectivity index (χ3v) is 6.74. The summed E-state index contributed by atoms with van der Waals surface area (Å²) >= 11 is 0. The second-order valence-electron chi connectivity index (χ2n) is 6.80. The summed E-state index contributed by atoms with van der Waals surface area (Å²) in [5.41, 5.74) is 1.49. The second kappa shape index (κ2) is 6.22. The van der Waals surface area contributed by atoms with Crippen molar-refractivity contribution in [2.24, 2.45) is 5.92 Å². The van der Waals surface area contributed by atoms with Gasteiger partial charge in [-0.25, -0.2) is 8.42 Å². The van der Waals surface area contributed by atoms with Crippen LogP contribution in [0.25, 0.3) is 0 Å². The van der Waals surface area contributed by atoms with Gasteiger partial charge in [-0.3, -0.25) is 9.36 Å². The van der Waals surface area contributed by atoms with E-state index in [1.807, 2.05) is 17.7 Å². The molecule has 2 aromatic heterocycles. The average Bonchev–Trinajstić information content (AvgIpc) is 3.17. The van der Waals surface area contributed by atoms with E-state index in [2.05, 4.69) is 10.2 Å². The first kappa shape index (κ1) is 16.7. The van der Waals surface area contributed by atoms with Crippen molar-refractivity contribution in [3.63, 3.8) is 0 Å². The Hall–Kier alpha value is -1.71. The lowest BCUT2D eigenvalue weighted by Gasteiger charge is -2.26. The van der Waals surface area contributed by atoms with Gasteiger partial charge in [0, 0.05) is 13.1 Å². The number of aliphatic hydroxyl groups is 1. The van der Waals surface area contributed by atoms with Gasteiger partial charge < -0.3 is 5.11 Å². The molecular formula is C16H23N5O3S. The molecule has 0 saturated heterocycles. The van der Waals surface area contributed by atoms with Gasteiger partial charge in [0.25, 0.3) is 10.0 Å². The zero-order valence-corrected chi connectivity index (χ0v) is 15.1. The molecule has 0 aromatic carbocycles. The predicted molar refractivity (Wildman–Crippen MR) is 90.0 cm³/mol. The molecule has 2 aliphatic rings. The van der Waals surface area contributed by atoms with E-state index in [0.29, 0.717) is 31.2 Å². The summed E-state index contributed by atoms with van der Waals surface area (Å²) in [5, 5.41) is 19.1. The van der Waals surface area contributed by atoms with Gasteiger partial charge in [0.15, 0.2) is 5.03 Å². The van der Waals surface area contributed by atoms with Crippen molar-refractivity contribution >= 4 is 10.0 Å². The molecule has 1 fully saturated rings. The number of rotatable bonds is 6. The fourth-order valence-electron chi connectivity index (χ4n) is 3.32. The van der Waals surface area contributed by atoms with Gasteiger partial charge >= 0.3 is 0 Å². The number of aromatic nitrogens is 4. The lowest BCUT2D eigenvalue weighted by molar-refractivity contribution is 0.148. The topological polar surface area (TPSA) is 93.3 Å². The van der Waals surface area contributed by atoms with Crippen LogP contribution in [0.5, 0.6) is 0 Å². The standard InChI is InChI=1S/C16H23N5O3S/c1-2-7-21-15(5-6-17-21)25(23,24)19-8-9-20-13(11-19)10-14(18-20)16(22)12-3-4-12/h5-6,10,12,16,22H,2-4,7-9,11H2,1H3. The van der Waals surface area contributed by atoms with Crippen molar-refractivity contribution in [3.05, 3.63) is 29.7 Å². The van der Waals surface area contributed by atoms with E-state index in [-0.39, 0.29) is 11.6 Å². The zero-order chi connectivity index (χ0) is 17.6. The van der Waals surface area contributed by atoms with Crippen LogP contribution in [0.4, 0.5) is 0 Å². The smallest absolute Gasteiger partial charge is 0.260 e. The molecule has 0 radical (unpaired) electrons. The van der Waals surface area contributed by atoms with E-state index in [4.69, 9.17) is 0 Å². The van der Waals surface area contributed by atoms with E-state index in [1.165, 1.54) is 10.5 Å². The Balaban J connectivity index is 1.58. The first-order valence-corrected chi connectivity index (χ1v) is 10.2. The van der Waals surface area contributed by atoms with Crippen molar-refractivity contribution in [1.82, 2.24) is 23.9 Å². The van der Waals surface area contributed by atoms with Crippen LogP contribution in [0.2, 0.25) is 0 Å². The number of hydrogen-bond donors (Lipinski definition) is 1. The average molecular weight is 365 g/mol. The molecule has 0 bridgehead atoms. The van der Waals surface area contributed by atoms with Crippen molar-refractivity contribution in [3.8, 4) is 0 Å². The van der Waals surface area contributed by atoms with E-state index in [9.17, 15) is 13.5 Å². The van der Waals surface area contributed by atoms with Gasteiger partial charge in [-0.05, 0) is 37.3 Å². The van der Waals surface area contributed by atoms with Crippen LogP contribution in [0.3, 0.4) is 0 Å². The Kier molecular flexibility index (Phi) is 4.17. The molecular weight excluding hydrogens is 342 g/mol. The largest absolute Gasteiger partial charge is 0.386 e. The predicted octanol–water partition coefficient (Wildman–Crippen LogP) is 1.14. The number of hydrogen-bond acceptors (Lipinski definition) is 5. The molecule has 9 heteroatoms. The minimum Gasteiger partial charge on any atom is -0.386 e. The second-order valence-corrected chi connectivity index (χ2v) is 8.68. The molecule has 3 heterocycles. The maximum absolute atomic E-state index is 13.0. The first-order valence-electron chi connectivity index (χ1n) is 8.77. The third kappa shape index (κ3) is 3.00. The summed E-state index contributed by atoms with van der Waals surface area (Å²) in [6.45, 7) is 3.69. The van der Waals surface area contributed by atoms with E-state index in [1.54, 1.807) is 10.7 Å². The maximum Gasteiger partial charge on any atom is 0.260 e. The van der Waals surface area contributed by atoms with Crippen LogP contribution in [-0.2, 0) is 29.7 Å². The van der Waals surface area contributed by atoms with Crippen LogP contribution >= 0.6 is 0 Å². The highest BCUT2D eigenvalue weighted by Gasteiger charge is 2.35. The van der Waals surface area contributed by atoms with Crippen molar-refractivity contribution < 1.29 is 13.5 Å². The SMILES string of the molecule is CCCn1nccc1S(=O)(=O)N1CCn2nc(C(O)C3CC3)cc2C1. The fourth-order valence-corrected chi connectivity index (χ4v) is 4.85. The molecule has 136 valence electrons. The molecule has 8 nitrogen and oxygen atoms in total. The summed E-state index contributed by atoms with van der Waals surface area (Å²) in [6, 6.07) is 3.40. The molecule has 1 unspecified atom stereocenters. The Labute approximate surface area is 147 Å². The van der Waals surface area contributed by atoms with E-state index < -0.39 is 16.1 Å². The lowest BCUT2D eigenvalue weighted by Crippen LogP contribution is -2.39. The van der Waals surface area contributed by atoms with Gasteiger partial charge in [0.2, 0.25) is 0 Å². The number of nitrogens with zero attached hydrogens (tertiary/aromatic N) is 5. The molecule has 1 atom stereocenters. The monoisotopic (exact) mass is 365 g/mol. The molecule has 25 heavy (non-hydrogen) atoms. The maximum atomic E-state index is 13.0. The third-order valence-electron chi connectivity index (χ3n) is 4.87. The Morgan fingerprint density at radius 1 is 1.36 bits per heavy atom. The van der Waals surface area contributed by atoms with Crippen LogP contribution in [0.15, 0.2) is 23.4 Å². The highest BCUT2D eigenvalue weighted by molar-refractivity contribution is 7.89. The van der Waals surface area contributed by atoms with Gasteiger partial charge in [0.05, 0.1) is 30.7 Å². The molecule has 0 amide bonds. The summed E-state index contributed by atoms with van der Waals surface area (Å²) in [5.74, 6) is 0.306. The van der Waals surface area contributed by atoms with Crippen LogP contribution < -0.4 is 0 Å². The molecule has 1 aliphatic heterocycles. The Bertz CT molecular complexity index is 868. The molecule has 4 rings (SSSR count). The normalized spacial score (nSPS) is 19.8. The summed E-state index contributed by atoms with van der Waals surface area (Å²) in [4.78, 5) is 0. The molecule has 2 aromatic rings. The minimum atomic E-state index is -3.60. The van der Waals surface area contributed by atoms with Gasteiger partial charge in [-0.1, -0.05) is 6.92 Å². The van der Waals surface area contributed by atoms with Crippen molar-refractivity contribution in [1.29, 1.82) is 0 Å². The minimum absolute atomic E-state index is 0.237. The first-order chi connectivity index (χ1) is 12.0.